The number of benzene rings is 1. The van der Waals surface area contributed by atoms with E-state index in [0.717, 1.165) is 37.6 Å². The minimum absolute atomic E-state index is 0.787. The van der Waals surface area contributed by atoms with Crippen LogP contribution < -0.4 is 9.47 Å². The van der Waals surface area contributed by atoms with E-state index in [1.807, 2.05) is 0 Å². The maximum atomic E-state index is 6.18. The lowest BCUT2D eigenvalue weighted by Gasteiger charge is -2.13. The van der Waals surface area contributed by atoms with Crippen LogP contribution in [0.25, 0.3) is 0 Å². The molecule has 1 rings (SSSR count). The smallest absolute Gasteiger partial charge is 0.161 e. The molecule has 0 heterocycles. The molecule has 0 saturated carbocycles. The highest BCUT2D eigenvalue weighted by Gasteiger charge is 2.06. The molecule has 0 N–H and O–H groups in total. The van der Waals surface area contributed by atoms with Gasteiger partial charge in [0.05, 0.1) is 13.2 Å². The molecule has 0 aliphatic rings. The quantitative estimate of drug-likeness (QED) is 0.0561. The summed E-state index contributed by atoms with van der Waals surface area (Å²) in [6.07, 6.45) is 47.0. The number of hydrogen-bond donors (Lipinski definition) is 0. The van der Waals surface area contributed by atoms with Gasteiger partial charge in [-0.25, -0.2) is 0 Å². The van der Waals surface area contributed by atoms with Crippen molar-refractivity contribution in [1.82, 2.24) is 0 Å². The first-order valence-corrected chi connectivity index (χ1v) is 19.9. The summed E-state index contributed by atoms with van der Waals surface area (Å²) < 4.78 is 12.3. The number of hydrogen-bond acceptors (Lipinski definition) is 2. The molecule has 0 amide bonds. The Morgan fingerprint density at radius 2 is 0.733 bits per heavy atom. The van der Waals surface area contributed by atoms with Gasteiger partial charge in [0.1, 0.15) is 0 Å². The fraction of sp³-hybridized carbons (Fsp3) is 0.767. The SMILES string of the molecule is CCCCCCCC/C=C\CCCCCCCCOc1ccc(C)cc1OCCCCCCCC/C=C\CCCCCCCC. The van der Waals surface area contributed by atoms with Crippen LogP contribution in [0.1, 0.15) is 199 Å². The molecule has 2 nitrogen and oxygen atoms in total. The Bertz CT molecular complexity index is 795. The molecule has 1 aromatic rings. The van der Waals surface area contributed by atoms with Crippen LogP contribution in [0.2, 0.25) is 0 Å². The minimum Gasteiger partial charge on any atom is -0.490 e. The summed E-state index contributed by atoms with van der Waals surface area (Å²) in [6, 6.07) is 6.36. The molecule has 0 radical (unpaired) electrons. The molecule has 0 fully saturated rings. The van der Waals surface area contributed by atoms with Gasteiger partial charge in [-0.15, -0.1) is 0 Å². The van der Waals surface area contributed by atoms with E-state index in [-0.39, 0.29) is 0 Å². The molecular weight excluding hydrogens is 548 g/mol. The summed E-state index contributed by atoms with van der Waals surface area (Å²) in [5, 5.41) is 0. The van der Waals surface area contributed by atoms with Gasteiger partial charge in [-0.2, -0.15) is 0 Å². The Kier molecular flexibility index (Phi) is 30.9. The molecule has 2 heteroatoms. The van der Waals surface area contributed by atoms with E-state index in [0.29, 0.717) is 0 Å². The van der Waals surface area contributed by atoms with Gasteiger partial charge in [-0.1, -0.05) is 160 Å². The number of ether oxygens (including phenoxy) is 2. The van der Waals surface area contributed by atoms with Crippen molar-refractivity contribution in [1.29, 1.82) is 0 Å². The second kappa shape index (κ2) is 33.7. The van der Waals surface area contributed by atoms with E-state index in [2.05, 4.69) is 63.3 Å². The average molecular weight is 625 g/mol. The van der Waals surface area contributed by atoms with E-state index in [1.54, 1.807) is 0 Å². The van der Waals surface area contributed by atoms with Crippen LogP contribution in [0.15, 0.2) is 42.5 Å². The van der Waals surface area contributed by atoms with Gasteiger partial charge in [0.2, 0.25) is 0 Å². The Balaban J connectivity index is 1.97. The molecule has 0 bridgehead atoms. The highest BCUT2D eigenvalue weighted by Crippen LogP contribution is 2.29. The lowest BCUT2D eigenvalue weighted by Crippen LogP contribution is -2.03. The Hall–Kier alpha value is -1.70. The summed E-state index contributed by atoms with van der Waals surface area (Å²) in [5.41, 5.74) is 1.23. The third-order valence-corrected chi connectivity index (χ3v) is 8.93. The van der Waals surface area contributed by atoms with Gasteiger partial charge in [0.15, 0.2) is 11.5 Å². The van der Waals surface area contributed by atoms with Crippen molar-refractivity contribution in [3.63, 3.8) is 0 Å². The van der Waals surface area contributed by atoms with E-state index in [4.69, 9.17) is 9.47 Å². The number of rotatable bonds is 34. The van der Waals surface area contributed by atoms with Crippen LogP contribution in [-0.2, 0) is 0 Å². The van der Waals surface area contributed by atoms with Crippen LogP contribution in [0.3, 0.4) is 0 Å². The first-order chi connectivity index (χ1) is 22.3. The van der Waals surface area contributed by atoms with E-state index in [9.17, 15) is 0 Å². The summed E-state index contributed by atoms with van der Waals surface area (Å²) in [4.78, 5) is 0. The number of allylic oxidation sites excluding steroid dienone is 4. The average Bonchev–Trinajstić information content (AvgIpc) is 3.04. The molecule has 0 unspecified atom stereocenters. The highest BCUT2D eigenvalue weighted by molar-refractivity contribution is 5.42. The molecule has 260 valence electrons. The predicted molar refractivity (Wildman–Crippen MR) is 201 cm³/mol. The monoisotopic (exact) mass is 625 g/mol. The van der Waals surface area contributed by atoms with Crippen LogP contribution in [-0.4, -0.2) is 13.2 Å². The molecule has 0 aromatic heterocycles. The Labute approximate surface area is 282 Å². The van der Waals surface area contributed by atoms with Gasteiger partial charge in [0, 0.05) is 0 Å². The van der Waals surface area contributed by atoms with Crippen molar-refractivity contribution < 1.29 is 9.47 Å². The first kappa shape index (κ1) is 41.3. The van der Waals surface area contributed by atoms with E-state index >= 15 is 0 Å². The van der Waals surface area contributed by atoms with Gasteiger partial charge in [0.25, 0.3) is 0 Å². The minimum atomic E-state index is 0.787. The van der Waals surface area contributed by atoms with Crippen molar-refractivity contribution in [3.05, 3.63) is 48.1 Å². The third-order valence-electron chi connectivity index (χ3n) is 8.93. The lowest BCUT2D eigenvalue weighted by atomic mass is 10.1. The maximum absolute atomic E-state index is 6.18. The van der Waals surface area contributed by atoms with Crippen LogP contribution in [0.5, 0.6) is 11.5 Å². The predicted octanol–water partition coefficient (Wildman–Crippen LogP) is 14.8. The molecule has 0 saturated heterocycles. The largest absolute Gasteiger partial charge is 0.490 e. The van der Waals surface area contributed by atoms with Gasteiger partial charge in [-0.05, 0) is 88.8 Å². The molecule has 0 atom stereocenters. The second-order valence-corrected chi connectivity index (χ2v) is 13.5. The molecule has 45 heavy (non-hydrogen) atoms. The topological polar surface area (TPSA) is 18.5 Å². The Morgan fingerprint density at radius 1 is 0.400 bits per heavy atom. The standard InChI is InChI=1S/C43H76O2/c1-4-6-8-10-12-14-16-18-20-22-24-26-28-30-32-34-38-44-42-37-36-41(3)40-43(42)45-39-35-33-31-29-27-25-23-21-19-17-15-13-11-9-7-5-2/h18-21,36-37,40H,4-17,22-35,38-39H2,1-3H3/b20-18-,21-19-. The van der Waals surface area contributed by atoms with Crippen molar-refractivity contribution in [2.45, 2.75) is 201 Å². The summed E-state index contributed by atoms with van der Waals surface area (Å²) in [5.74, 6) is 1.84. The van der Waals surface area contributed by atoms with E-state index in [1.165, 1.54) is 173 Å². The van der Waals surface area contributed by atoms with Crippen molar-refractivity contribution in [2.24, 2.45) is 0 Å². The van der Waals surface area contributed by atoms with E-state index < -0.39 is 0 Å². The fourth-order valence-corrected chi connectivity index (χ4v) is 5.91. The number of unbranched alkanes of at least 4 members (excludes halogenated alkanes) is 24. The Morgan fingerprint density at radius 3 is 1.13 bits per heavy atom. The van der Waals surface area contributed by atoms with Crippen LogP contribution >= 0.6 is 0 Å². The van der Waals surface area contributed by atoms with Gasteiger partial charge < -0.3 is 9.47 Å². The van der Waals surface area contributed by atoms with Crippen LogP contribution in [0, 0.1) is 6.92 Å². The maximum Gasteiger partial charge on any atom is 0.161 e. The second-order valence-electron chi connectivity index (χ2n) is 13.5. The van der Waals surface area contributed by atoms with Crippen LogP contribution in [0.4, 0.5) is 0 Å². The van der Waals surface area contributed by atoms with Crippen molar-refractivity contribution in [2.75, 3.05) is 13.2 Å². The summed E-state index contributed by atoms with van der Waals surface area (Å²) in [7, 11) is 0. The summed E-state index contributed by atoms with van der Waals surface area (Å²) >= 11 is 0. The zero-order chi connectivity index (χ0) is 32.3. The molecule has 0 aliphatic carbocycles. The normalized spacial score (nSPS) is 11.7. The molecule has 0 aliphatic heterocycles. The molecule has 1 aromatic carbocycles. The zero-order valence-electron chi connectivity index (χ0n) is 30.6. The van der Waals surface area contributed by atoms with Crippen molar-refractivity contribution >= 4 is 0 Å². The van der Waals surface area contributed by atoms with Gasteiger partial charge in [-0.3, -0.25) is 0 Å². The first-order valence-electron chi connectivity index (χ1n) is 19.9. The number of aryl methyl sites for hydroxylation is 1. The molecular formula is C43H76O2. The van der Waals surface area contributed by atoms with Crippen molar-refractivity contribution in [3.8, 4) is 11.5 Å². The summed E-state index contributed by atoms with van der Waals surface area (Å²) in [6.45, 7) is 8.28. The van der Waals surface area contributed by atoms with Gasteiger partial charge >= 0.3 is 0 Å². The lowest BCUT2D eigenvalue weighted by molar-refractivity contribution is 0.258. The fourth-order valence-electron chi connectivity index (χ4n) is 5.91. The zero-order valence-corrected chi connectivity index (χ0v) is 30.6. The molecule has 0 spiro atoms. The third kappa shape index (κ3) is 28.3. The highest BCUT2D eigenvalue weighted by atomic mass is 16.5.